The molecule has 11 aromatic rings. The third-order valence-electron chi connectivity index (χ3n) is 16.3. The van der Waals surface area contributed by atoms with Gasteiger partial charge < -0.3 is 14.2 Å². The minimum Gasteiger partial charge on any atom is -0.456 e. The van der Waals surface area contributed by atoms with E-state index in [1.165, 1.54) is 106 Å². The van der Waals surface area contributed by atoms with Crippen LogP contribution in [0, 0.1) is 6.92 Å². The average molecular weight is 997 g/mol. The van der Waals surface area contributed by atoms with Gasteiger partial charge in [-0.15, -0.1) is 0 Å². The molecular formula is C73H65BN2O. The number of hydrogen-bond acceptors (Lipinski definition) is 3. The fourth-order valence-electron chi connectivity index (χ4n) is 12.4. The Balaban J connectivity index is 1.24. The Kier molecular flexibility index (Phi) is 11.2. The maximum absolute atomic E-state index is 6.93. The largest absolute Gasteiger partial charge is 0.456 e. The first-order valence-corrected chi connectivity index (χ1v) is 27.4. The lowest BCUT2D eigenvalue weighted by atomic mass is 9.32. The minimum atomic E-state index is -0.166. The summed E-state index contributed by atoms with van der Waals surface area (Å²) in [6, 6.07) is 79.8. The molecule has 0 N–H and O–H groups in total. The zero-order valence-corrected chi connectivity index (χ0v) is 46.1. The lowest BCUT2D eigenvalue weighted by Crippen LogP contribution is -2.61. The smallest absolute Gasteiger partial charge is 0.253 e. The quantitative estimate of drug-likeness (QED) is 0.155. The number of nitrogens with zero attached hydrogens (tertiary/aromatic N) is 2. The average Bonchev–Trinajstić information content (AvgIpc) is 4.04. The van der Waals surface area contributed by atoms with Crippen LogP contribution < -0.4 is 26.2 Å². The van der Waals surface area contributed by atoms with Gasteiger partial charge in [0.1, 0.15) is 11.2 Å². The van der Waals surface area contributed by atoms with Crippen molar-refractivity contribution < 1.29 is 4.42 Å². The molecule has 13 rings (SSSR count). The van der Waals surface area contributed by atoms with Crippen LogP contribution in [0.5, 0.6) is 0 Å². The van der Waals surface area contributed by atoms with E-state index < -0.39 is 0 Å². The summed E-state index contributed by atoms with van der Waals surface area (Å²) in [7, 11) is 0. The molecule has 0 aliphatic carbocycles. The number of para-hydroxylation sites is 1. The normalized spacial score (nSPS) is 13.2. The number of anilines is 6. The second kappa shape index (κ2) is 17.9. The van der Waals surface area contributed by atoms with Crippen molar-refractivity contribution in [2.24, 2.45) is 0 Å². The number of aryl methyl sites for hydroxylation is 1. The molecule has 3 heterocycles. The highest BCUT2D eigenvalue weighted by atomic mass is 16.3. The Hall–Kier alpha value is -8.34. The van der Waals surface area contributed by atoms with Crippen molar-refractivity contribution in [1.82, 2.24) is 0 Å². The van der Waals surface area contributed by atoms with Crippen LogP contribution in [0.1, 0.15) is 84.6 Å². The first-order valence-electron chi connectivity index (χ1n) is 27.4. The molecule has 0 amide bonds. The maximum atomic E-state index is 6.93. The molecule has 3 nitrogen and oxygen atoms in total. The summed E-state index contributed by atoms with van der Waals surface area (Å²) in [5.74, 6) is 0. The molecule has 2 aliphatic heterocycles. The van der Waals surface area contributed by atoms with Crippen LogP contribution in [0.2, 0.25) is 0 Å². The van der Waals surface area contributed by atoms with Crippen molar-refractivity contribution >= 4 is 79.2 Å². The van der Waals surface area contributed by atoms with Crippen molar-refractivity contribution in [2.75, 3.05) is 9.80 Å². The molecule has 77 heavy (non-hydrogen) atoms. The van der Waals surface area contributed by atoms with Crippen LogP contribution in [0.15, 0.2) is 217 Å². The lowest BCUT2D eigenvalue weighted by Gasteiger charge is -2.46. The predicted molar refractivity (Wildman–Crippen MR) is 330 cm³/mol. The van der Waals surface area contributed by atoms with Crippen molar-refractivity contribution in [2.45, 2.75) is 85.5 Å². The van der Waals surface area contributed by atoms with E-state index in [1.54, 1.807) is 0 Å². The summed E-state index contributed by atoms with van der Waals surface area (Å²) in [5, 5.41) is 2.28. The van der Waals surface area contributed by atoms with Crippen LogP contribution in [-0.2, 0) is 16.2 Å². The molecule has 2 aliphatic rings. The standard InChI is InChI=1S/C73H65BN2O/c1-46-39-62-67-63(40-46)76(70-57(49-29-19-13-20-30-49)43-53(73(8,9)10)44-58(70)50-31-21-14-22-32-50)61-45-51(71(2,3)4)35-36-59(61)74(67)68-60(37-38-65-66(68)54-33-23-24-34-64(54)77-65)75(62)69-55(47-25-15-11-16-26-47)41-52(72(5,6)7)42-56(69)48-27-17-12-18-28-48/h11-45H,1-10H3. The van der Waals surface area contributed by atoms with Crippen molar-refractivity contribution in [3.05, 3.63) is 235 Å². The van der Waals surface area contributed by atoms with Crippen LogP contribution in [-0.4, -0.2) is 6.71 Å². The number of fused-ring (bicyclic) bond motifs is 8. The molecule has 0 fully saturated rings. The second-order valence-corrected chi connectivity index (χ2v) is 24.6. The molecule has 376 valence electrons. The Bertz CT molecular complexity index is 3980. The van der Waals surface area contributed by atoms with E-state index in [0.29, 0.717) is 0 Å². The van der Waals surface area contributed by atoms with Gasteiger partial charge in [-0.3, -0.25) is 0 Å². The van der Waals surface area contributed by atoms with Crippen LogP contribution >= 0.6 is 0 Å². The van der Waals surface area contributed by atoms with Gasteiger partial charge in [-0.1, -0.05) is 214 Å². The highest BCUT2D eigenvalue weighted by molar-refractivity contribution is 7.02. The summed E-state index contributed by atoms with van der Waals surface area (Å²) < 4.78 is 6.93. The lowest BCUT2D eigenvalue weighted by molar-refractivity contribution is 0.590. The van der Waals surface area contributed by atoms with E-state index >= 15 is 0 Å². The third-order valence-corrected chi connectivity index (χ3v) is 16.3. The predicted octanol–water partition coefficient (Wildman–Crippen LogP) is 18.5. The fraction of sp³-hybridized carbons (Fsp3) is 0.178. The third kappa shape index (κ3) is 8.03. The number of furan rings is 1. The Labute approximate surface area is 455 Å². The highest BCUT2D eigenvalue weighted by Crippen LogP contribution is 2.55. The van der Waals surface area contributed by atoms with E-state index in [2.05, 4.69) is 291 Å². The van der Waals surface area contributed by atoms with Crippen LogP contribution in [0.25, 0.3) is 66.4 Å². The molecular weight excluding hydrogens is 932 g/mol. The zero-order chi connectivity index (χ0) is 53.1. The van der Waals surface area contributed by atoms with E-state index in [-0.39, 0.29) is 23.0 Å². The Morgan fingerprint density at radius 1 is 0.351 bits per heavy atom. The highest BCUT2D eigenvalue weighted by Gasteiger charge is 2.47. The molecule has 1 aromatic heterocycles. The fourth-order valence-corrected chi connectivity index (χ4v) is 12.4. The summed E-state index contributed by atoms with van der Waals surface area (Å²) in [6.07, 6.45) is 0. The van der Waals surface area contributed by atoms with Crippen molar-refractivity contribution in [1.29, 1.82) is 0 Å². The van der Waals surface area contributed by atoms with E-state index in [1.807, 2.05) is 0 Å². The van der Waals surface area contributed by atoms with Gasteiger partial charge >= 0.3 is 0 Å². The van der Waals surface area contributed by atoms with Gasteiger partial charge in [-0.05, 0) is 145 Å². The van der Waals surface area contributed by atoms with E-state index in [9.17, 15) is 0 Å². The van der Waals surface area contributed by atoms with Gasteiger partial charge in [-0.2, -0.15) is 0 Å². The molecule has 0 radical (unpaired) electrons. The number of hydrogen-bond donors (Lipinski definition) is 0. The number of rotatable bonds is 6. The first-order chi connectivity index (χ1) is 37.0. The molecule has 0 saturated heterocycles. The monoisotopic (exact) mass is 997 g/mol. The van der Waals surface area contributed by atoms with Crippen molar-refractivity contribution in [3.8, 4) is 44.5 Å². The van der Waals surface area contributed by atoms with Gasteiger partial charge in [0, 0.05) is 55.8 Å². The molecule has 10 aromatic carbocycles. The first kappa shape index (κ1) is 48.3. The topological polar surface area (TPSA) is 19.6 Å². The molecule has 4 heteroatoms. The maximum Gasteiger partial charge on any atom is 0.253 e. The zero-order valence-electron chi connectivity index (χ0n) is 46.1. The van der Waals surface area contributed by atoms with Gasteiger partial charge in [0.2, 0.25) is 0 Å². The van der Waals surface area contributed by atoms with E-state index in [4.69, 9.17) is 4.42 Å². The van der Waals surface area contributed by atoms with Gasteiger partial charge in [0.05, 0.1) is 11.4 Å². The summed E-state index contributed by atoms with van der Waals surface area (Å²) >= 11 is 0. The molecule has 0 unspecified atom stereocenters. The van der Waals surface area contributed by atoms with Gasteiger partial charge in [0.15, 0.2) is 0 Å². The van der Waals surface area contributed by atoms with E-state index in [0.717, 1.165) is 33.3 Å². The van der Waals surface area contributed by atoms with Crippen LogP contribution in [0.3, 0.4) is 0 Å². The molecule has 0 atom stereocenters. The van der Waals surface area contributed by atoms with Gasteiger partial charge in [-0.25, -0.2) is 0 Å². The summed E-state index contributed by atoms with van der Waals surface area (Å²) in [5.41, 5.74) is 26.7. The molecule has 0 bridgehead atoms. The minimum absolute atomic E-state index is 0.128. The number of benzene rings is 10. The Morgan fingerprint density at radius 2 is 0.766 bits per heavy atom. The summed E-state index contributed by atoms with van der Waals surface area (Å²) in [6.45, 7) is 23.2. The molecule has 0 spiro atoms. The Morgan fingerprint density at radius 3 is 1.21 bits per heavy atom. The SMILES string of the molecule is Cc1cc2c3c(c1)N(c1c(-c4ccccc4)cc(C(C)(C)C)cc1-c1ccccc1)c1ccc4oc5ccccc5c4c1B3c1ccc(C(C)(C)C)cc1N2c1c(-c2ccccc2)cc(C(C)(C)C)cc1-c1ccccc1. The van der Waals surface area contributed by atoms with Gasteiger partial charge in [0.25, 0.3) is 6.71 Å². The van der Waals surface area contributed by atoms with Crippen LogP contribution in [0.4, 0.5) is 34.1 Å². The molecule has 0 saturated carbocycles. The second-order valence-electron chi connectivity index (χ2n) is 24.6. The van der Waals surface area contributed by atoms with Crippen molar-refractivity contribution in [3.63, 3.8) is 0 Å². The summed E-state index contributed by atoms with van der Waals surface area (Å²) in [4.78, 5) is 5.33.